The summed E-state index contributed by atoms with van der Waals surface area (Å²) >= 11 is 0. The molecule has 1 spiro atoms. The van der Waals surface area contributed by atoms with E-state index in [1.54, 1.807) is 4.90 Å². The van der Waals surface area contributed by atoms with Gasteiger partial charge < -0.3 is 14.4 Å². The third kappa shape index (κ3) is 3.44. The van der Waals surface area contributed by atoms with E-state index in [2.05, 4.69) is 0 Å². The third-order valence-corrected chi connectivity index (χ3v) is 4.07. The summed E-state index contributed by atoms with van der Waals surface area (Å²) in [6, 6.07) is 0. The summed E-state index contributed by atoms with van der Waals surface area (Å²) < 4.78 is 10.4. The van der Waals surface area contributed by atoms with Crippen molar-refractivity contribution in [2.24, 2.45) is 11.3 Å². The molecule has 1 aliphatic heterocycles. The molecular formula is C15H25NO4. The van der Waals surface area contributed by atoms with E-state index in [9.17, 15) is 9.59 Å². The van der Waals surface area contributed by atoms with Gasteiger partial charge in [0.15, 0.2) is 0 Å². The van der Waals surface area contributed by atoms with Crippen LogP contribution in [-0.4, -0.2) is 42.3 Å². The smallest absolute Gasteiger partial charge is 0.410 e. The van der Waals surface area contributed by atoms with Gasteiger partial charge in [-0.05, 0) is 51.9 Å². The largest absolute Gasteiger partial charge is 0.466 e. The molecule has 1 unspecified atom stereocenters. The number of hydrogen-bond donors (Lipinski definition) is 0. The van der Waals surface area contributed by atoms with Crippen molar-refractivity contribution in [1.82, 2.24) is 4.90 Å². The Kier molecular flexibility index (Phi) is 3.98. The number of likely N-dealkylation sites (tertiary alicyclic amines) is 1. The number of esters is 1. The average molecular weight is 283 g/mol. The molecule has 1 saturated carbocycles. The van der Waals surface area contributed by atoms with Gasteiger partial charge in [0.1, 0.15) is 5.60 Å². The SMILES string of the molecule is CCOC(=O)CC1CN(C(=O)OC(C)(C)C)CC12CC2. The van der Waals surface area contributed by atoms with Gasteiger partial charge >= 0.3 is 12.1 Å². The fourth-order valence-electron chi connectivity index (χ4n) is 2.93. The molecule has 1 heterocycles. The molecule has 1 aliphatic carbocycles. The summed E-state index contributed by atoms with van der Waals surface area (Å²) in [6.45, 7) is 9.14. The van der Waals surface area contributed by atoms with Crippen LogP contribution in [0.15, 0.2) is 0 Å². The van der Waals surface area contributed by atoms with Crippen LogP contribution in [0.5, 0.6) is 0 Å². The van der Waals surface area contributed by atoms with Crippen LogP contribution in [0.4, 0.5) is 4.79 Å². The Balaban J connectivity index is 1.94. The van der Waals surface area contributed by atoms with E-state index in [0.717, 1.165) is 12.8 Å². The van der Waals surface area contributed by atoms with Gasteiger partial charge in [-0.15, -0.1) is 0 Å². The molecule has 0 bridgehead atoms. The predicted octanol–water partition coefficient (Wildman–Crippen LogP) is 2.59. The van der Waals surface area contributed by atoms with Crippen LogP contribution in [0, 0.1) is 11.3 Å². The lowest BCUT2D eigenvalue weighted by molar-refractivity contribution is -0.144. The first kappa shape index (κ1) is 15.1. The van der Waals surface area contributed by atoms with Crippen molar-refractivity contribution in [2.75, 3.05) is 19.7 Å². The predicted molar refractivity (Wildman–Crippen MR) is 74.2 cm³/mol. The molecule has 0 N–H and O–H groups in total. The van der Waals surface area contributed by atoms with E-state index in [1.807, 2.05) is 27.7 Å². The minimum atomic E-state index is -0.479. The monoisotopic (exact) mass is 283 g/mol. The summed E-state index contributed by atoms with van der Waals surface area (Å²) in [6.07, 6.45) is 2.33. The minimum absolute atomic E-state index is 0.143. The van der Waals surface area contributed by atoms with Crippen LogP contribution in [0.1, 0.15) is 47.0 Å². The van der Waals surface area contributed by atoms with Gasteiger partial charge in [0, 0.05) is 13.1 Å². The normalized spacial score (nSPS) is 23.8. The van der Waals surface area contributed by atoms with Gasteiger partial charge in [-0.2, -0.15) is 0 Å². The van der Waals surface area contributed by atoms with E-state index in [-0.39, 0.29) is 23.4 Å². The van der Waals surface area contributed by atoms with Crippen molar-refractivity contribution in [3.8, 4) is 0 Å². The Bertz CT molecular complexity index is 395. The van der Waals surface area contributed by atoms with E-state index >= 15 is 0 Å². The molecule has 0 radical (unpaired) electrons. The Labute approximate surface area is 120 Å². The first-order valence-electron chi connectivity index (χ1n) is 7.39. The standard InChI is InChI=1S/C15H25NO4/c1-5-19-12(17)8-11-9-16(10-15(11)6-7-15)13(18)20-14(2,3)4/h11H,5-10H2,1-4H3. The lowest BCUT2D eigenvalue weighted by Gasteiger charge is -2.24. The molecule has 5 nitrogen and oxygen atoms in total. The van der Waals surface area contributed by atoms with Crippen LogP contribution >= 0.6 is 0 Å². The molecule has 2 aliphatic rings. The number of carbonyl (C=O) groups is 2. The zero-order chi connectivity index (χ0) is 15.0. The van der Waals surface area contributed by atoms with Crippen LogP contribution in [0.2, 0.25) is 0 Å². The van der Waals surface area contributed by atoms with Crippen molar-refractivity contribution >= 4 is 12.1 Å². The summed E-state index contributed by atoms with van der Waals surface area (Å²) in [5, 5.41) is 0. The zero-order valence-corrected chi connectivity index (χ0v) is 12.9. The number of carbonyl (C=O) groups excluding carboxylic acids is 2. The van der Waals surface area contributed by atoms with Crippen molar-refractivity contribution in [1.29, 1.82) is 0 Å². The lowest BCUT2D eigenvalue weighted by atomic mass is 9.90. The van der Waals surface area contributed by atoms with E-state index in [1.165, 1.54) is 0 Å². The number of nitrogens with zero attached hydrogens (tertiary/aromatic N) is 1. The number of ether oxygens (including phenoxy) is 2. The van der Waals surface area contributed by atoms with Gasteiger partial charge in [0.25, 0.3) is 0 Å². The number of rotatable bonds is 3. The van der Waals surface area contributed by atoms with E-state index in [0.29, 0.717) is 26.1 Å². The van der Waals surface area contributed by atoms with Crippen LogP contribution in [-0.2, 0) is 14.3 Å². The Morgan fingerprint density at radius 3 is 2.45 bits per heavy atom. The Hall–Kier alpha value is -1.26. The fraction of sp³-hybridized carbons (Fsp3) is 0.867. The third-order valence-electron chi connectivity index (χ3n) is 4.07. The first-order valence-corrected chi connectivity index (χ1v) is 7.39. The van der Waals surface area contributed by atoms with Gasteiger partial charge in [-0.1, -0.05) is 0 Å². The molecule has 1 atom stereocenters. The maximum Gasteiger partial charge on any atom is 0.410 e. The Morgan fingerprint density at radius 2 is 1.95 bits per heavy atom. The summed E-state index contributed by atoms with van der Waals surface area (Å²) in [5.41, 5.74) is -0.337. The highest BCUT2D eigenvalue weighted by Gasteiger charge is 2.56. The molecule has 2 fully saturated rings. The van der Waals surface area contributed by atoms with E-state index in [4.69, 9.17) is 9.47 Å². The van der Waals surface area contributed by atoms with E-state index < -0.39 is 5.60 Å². The maximum absolute atomic E-state index is 12.1. The summed E-state index contributed by atoms with van der Waals surface area (Å²) in [5.74, 6) is 0.0592. The molecule has 1 amide bonds. The molecule has 114 valence electrons. The highest BCUT2D eigenvalue weighted by molar-refractivity contribution is 5.71. The maximum atomic E-state index is 12.1. The average Bonchev–Trinajstić information content (AvgIpc) is 2.96. The quantitative estimate of drug-likeness (QED) is 0.747. The van der Waals surface area contributed by atoms with Crippen LogP contribution in [0.25, 0.3) is 0 Å². The second-order valence-corrected chi connectivity index (χ2v) is 6.93. The number of hydrogen-bond acceptors (Lipinski definition) is 4. The van der Waals surface area contributed by atoms with Crippen molar-refractivity contribution in [3.05, 3.63) is 0 Å². The second kappa shape index (κ2) is 5.26. The van der Waals surface area contributed by atoms with Gasteiger partial charge in [-0.25, -0.2) is 4.79 Å². The Morgan fingerprint density at radius 1 is 1.30 bits per heavy atom. The van der Waals surface area contributed by atoms with Gasteiger partial charge in [0.05, 0.1) is 13.0 Å². The minimum Gasteiger partial charge on any atom is -0.466 e. The van der Waals surface area contributed by atoms with Crippen molar-refractivity contribution in [2.45, 2.75) is 52.6 Å². The molecule has 2 rings (SSSR count). The zero-order valence-electron chi connectivity index (χ0n) is 12.9. The van der Waals surface area contributed by atoms with Crippen LogP contribution in [0.3, 0.4) is 0 Å². The topological polar surface area (TPSA) is 55.8 Å². The summed E-state index contributed by atoms with van der Waals surface area (Å²) in [4.78, 5) is 25.5. The highest BCUT2D eigenvalue weighted by Crippen LogP contribution is 2.57. The molecule has 1 saturated heterocycles. The fourth-order valence-corrected chi connectivity index (χ4v) is 2.93. The molecule has 0 aromatic heterocycles. The first-order chi connectivity index (χ1) is 9.26. The second-order valence-electron chi connectivity index (χ2n) is 6.93. The highest BCUT2D eigenvalue weighted by atomic mass is 16.6. The van der Waals surface area contributed by atoms with Gasteiger partial charge in [0.2, 0.25) is 0 Å². The molecule has 20 heavy (non-hydrogen) atoms. The molecule has 0 aromatic carbocycles. The lowest BCUT2D eigenvalue weighted by Crippen LogP contribution is -2.35. The van der Waals surface area contributed by atoms with Crippen molar-refractivity contribution in [3.63, 3.8) is 0 Å². The van der Waals surface area contributed by atoms with Gasteiger partial charge in [-0.3, -0.25) is 4.79 Å². The number of amides is 1. The molecule has 0 aromatic rings. The molecular weight excluding hydrogens is 258 g/mol. The summed E-state index contributed by atoms with van der Waals surface area (Å²) in [7, 11) is 0. The van der Waals surface area contributed by atoms with Crippen molar-refractivity contribution < 1.29 is 19.1 Å². The molecule has 5 heteroatoms. The van der Waals surface area contributed by atoms with Crippen LogP contribution < -0.4 is 0 Å².